The zero-order valence-corrected chi connectivity index (χ0v) is 15.6. The number of nitrogens with zero attached hydrogens (tertiary/aromatic N) is 3. The van der Waals surface area contributed by atoms with Gasteiger partial charge < -0.3 is 14.7 Å². The summed E-state index contributed by atoms with van der Waals surface area (Å²) in [6.07, 6.45) is 0. The summed E-state index contributed by atoms with van der Waals surface area (Å²) in [7, 11) is 0. The molecule has 1 aromatic carbocycles. The number of nitrogens with one attached hydrogen (secondary N) is 1. The van der Waals surface area contributed by atoms with E-state index < -0.39 is 0 Å². The molecule has 0 atom stereocenters. The number of hydrogen-bond acceptors (Lipinski definition) is 4. The van der Waals surface area contributed by atoms with E-state index in [1.165, 1.54) is 4.90 Å². The van der Waals surface area contributed by atoms with E-state index in [1.54, 1.807) is 24.3 Å². The summed E-state index contributed by atoms with van der Waals surface area (Å²) in [5, 5.41) is 10.7. The Hall–Kier alpha value is -2.15. The van der Waals surface area contributed by atoms with Crippen LogP contribution >= 0.6 is 0 Å². The quantitative estimate of drug-likeness (QED) is 0.613. The first-order valence-corrected chi connectivity index (χ1v) is 8.93. The molecule has 1 amide bonds. The van der Waals surface area contributed by atoms with E-state index >= 15 is 0 Å². The third kappa shape index (κ3) is 4.92. The van der Waals surface area contributed by atoms with Crippen molar-refractivity contribution in [3.8, 4) is 0 Å². The molecule has 7 nitrogen and oxygen atoms in total. The summed E-state index contributed by atoms with van der Waals surface area (Å²) in [5.41, 5.74) is 1.11. The average Bonchev–Trinajstić information content (AvgIpc) is 2.55. The Kier molecular flexibility index (Phi) is 6.36. The van der Waals surface area contributed by atoms with Crippen molar-refractivity contribution in [2.45, 2.75) is 39.8 Å². The molecule has 1 aliphatic rings. The molecule has 1 aliphatic heterocycles. The molecule has 1 saturated heterocycles. The molecule has 0 saturated carbocycles. The molecule has 138 valence electrons. The van der Waals surface area contributed by atoms with Crippen LogP contribution in [-0.2, 0) is 4.79 Å². The van der Waals surface area contributed by atoms with Crippen molar-refractivity contribution in [2.24, 2.45) is 0 Å². The number of carbonyl (C=O) groups excluding carboxylic acids is 1. The Morgan fingerprint density at radius 1 is 1.16 bits per heavy atom. The fourth-order valence-electron chi connectivity index (χ4n) is 3.52. The summed E-state index contributed by atoms with van der Waals surface area (Å²) < 4.78 is 0. The number of nitro groups is 1. The van der Waals surface area contributed by atoms with E-state index in [2.05, 4.69) is 32.6 Å². The van der Waals surface area contributed by atoms with Crippen LogP contribution in [0.3, 0.4) is 0 Å². The lowest BCUT2D eigenvalue weighted by atomic mass is 10.2. The van der Waals surface area contributed by atoms with E-state index in [0.29, 0.717) is 6.54 Å². The molecule has 1 fully saturated rings. The fourth-order valence-corrected chi connectivity index (χ4v) is 3.52. The van der Waals surface area contributed by atoms with Crippen molar-refractivity contribution < 1.29 is 14.6 Å². The molecule has 25 heavy (non-hydrogen) atoms. The van der Waals surface area contributed by atoms with Crippen LogP contribution in [0, 0.1) is 10.1 Å². The maximum Gasteiger partial charge on any atom is 0.278 e. The third-order valence-corrected chi connectivity index (χ3v) is 4.70. The Morgan fingerprint density at radius 2 is 1.68 bits per heavy atom. The zero-order valence-electron chi connectivity index (χ0n) is 15.6. The molecule has 1 heterocycles. The highest BCUT2D eigenvalue weighted by molar-refractivity contribution is 5.77. The number of piperazine rings is 1. The number of non-ortho nitro benzene ring substituents is 1. The minimum absolute atomic E-state index is 0.112. The van der Waals surface area contributed by atoms with Crippen LogP contribution in [0.1, 0.15) is 27.7 Å². The number of quaternary nitrogens is 1. The summed E-state index contributed by atoms with van der Waals surface area (Å²) >= 11 is 0. The van der Waals surface area contributed by atoms with Gasteiger partial charge in [-0.3, -0.25) is 14.9 Å². The second kappa shape index (κ2) is 8.29. The van der Waals surface area contributed by atoms with Crippen LogP contribution in [0.25, 0.3) is 0 Å². The van der Waals surface area contributed by atoms with Gasteiger partial charge in [0.25, 0.3) is 11.6 Å². The first-order valence-electron chi connectivity index (χ1n) is 8.93. The highest BCUT2D eigenvalue weighted by Crippen LogP contribution is 2.19. The number of carbonyl (C=O) groups is 1. The van der Waals surface area contributed by atoms with Crippen LogP contribution < -0.4 is 9.80 Å². The molecule has 0 aromatic heterocycles. The smallest absolute Gasteiger partial charge is 0.278 e. The number of anilines is 1. The lowest BCUT2D eigenvalue weighted by Crippen LogP contribution is -3.16. The predicted molar refractivity (Wildman–Crippen MR) is 98.0 cm³/mol. The van der Waals surface area contributed by atoms with E-state index in [9.17, 15) is 14.9 Å². The van der Waals surface area contributed by atoms with Crippen molar-refractivity contribution >= 4 is 17.3 Å². The normalized spacial score (nSPS) is 15.7. The Balaban J connectivity index is 1.89. The first kappa shape index (κ1) is 19.2. The van der Waals surface area contributed by atoms with Crippen molar-refractivity contribution in [1.29, 1.82) is 0 Å². The highest BCUT2D eigenvalue weighted by atomic mass is 16.6. The molecule has 1 aromatic rings. The van der Waals surface area contributed by atoms with Crippen molar-refractivity contribution in [3.63, 3.8) is 0 Å². The monoisotopic (exact) mass is 349 g/mol. The molecular formula is C18H29N4O3+. The lowest BCUT2D eigenvalue weighted by Gasteiger charge is -2.36. The number of rotatable bonds is 6. The van der Waals surface area contributed by atoms with E-state index in [1.807, 2.05) is 4.90 Å². The zero-order chi connectivity index (χ0) is 18.6. The van der Waals surface area contributed by atoms with Gasteiger partial charge in [0.1, 0.15) is 0 Å². The lowest BCUT2D eigenvalue weighted by molar-refractivity contribution is -0.892. The number of amides is 1. The Bertz CT molecular complexity index is 585. The van der Waals surface area contributed by atoms with Crippen LogP contribution in [-0.4, -0.2) is 60.5 Å². The maximum atomic E-state index is 12.6. The molecule has 2 rings (SSSR count). The molecule has 0 bridgehead atoms. The Labute approximate surface area is 149 Å². The standard InChI is InChI=1S/C18H28N4O3/c1-14(2)21(15(3)4)18(23)13-19-9-11-20(12-10-19)16-5-7-17(8-6-16)22(24)25/h5-8,14-15H,9-13H2,1-4H3/p+1. The molecular weight excluding hydrogens is 320 g/mol. The molecule has 0 unspecified atom stereocenters. The van der Waals surface area contributed by atoms with E-state index in [4.69, 9.17) is 0 Å². The largest absolute Gasteiger partial charge is 0.360 e. The van der Waals surface area contributed by atoms with Crippen molar-refractivity contribution in [2.75, 3.05) is 37.6 Å². The number of hydrogen-bond donors (Lipinski definition) is 1. The van der Waals surface area contributed by atoms with Gasteiger partial charge in [-0.15, -0.1) is 0 Å². The molecule has 0 spiro atoms. The van der Waals surface area contributed by atoms with Crippen molar-refractivity contribution in [3.05, 3.63) is 34.4 Å². The predicted octanol–water partition coefficient (Wildman–Crippen LogP) is 0.945. The maximum absolute atomic E-state index is 12.6. The molecule has 1 N–H and O–H groups in total. The third-order valence-electron chi connectivity index (χ3n) is 4.70. The van der Waals surface area contributed by atoms with Gasteiger partial charge in [0.2, 0.25) is 0 Å². The summed E-state index contributed by atoms with van der Waals surface area (Å²) in [4.78, 5) is 28.4. The van der Waals surface area contributed by atoms with Gasteiger partial charge >= 0.3 is 0 Å². The van der Waals surface area contributed by atoms with Gasteiger partial charge in [-0.2, -0.15) is 0 Å². The van der Waals surface area contributed by atoms with Gasteiger partial charge in [0, 0.05) is 29.9 Å². The number of benzene rings is 1. The minimum Gasteiger partial charge on any atom is -0.360 e. The summed E-state index contributed by atoms with van der Waals surface area (Å²) in [6.45, 7) is 12.2. The van der Waals surface area contributed by atoms with Crippen LogP contribution in [0.15, 0.2) is 24.3 Å². The average molecular weight is 349 g/mol. The number of nitro benzene ring substituents is 1. The minimum atomic E-state index is -0.382. The van der Waals surface area contributed by atoms with Crippen molar-refractivity contribution in [1.82, 2.24) is 4.90 Å². The molecule has 0 radical (unpaired) electrons. The summed E-state index contributed by atoms with van der Waals surface area (Å²) in [6, 6.07) is 7.12. The molecule has 7 heteroatoms. The van der Waals surface area contributed by atoms with Gasteiger partial charge in [-0.05, 0) is 39.8 Å². The second-order valence-electron chi connectivity index (χ2n) is 7.18. The van der Waals surface area contributed by atoms with Crippen LogP contribution in [0.2, 0.25) is 0 Å². The SMILES string of the molecule is CC(C)N(C(=O)C[NH+]1CCN(c2ccc([N+](=O)[O-])cc2)CC1)C(C)C. The van der Waals surface area contributed by atoms with Gasteiger partial charge in [0.15, 0.2) is 6.54 Å². The second-order valence-corrected chi connectivity index (χ2v) is 7.18. The van der Waals surface area contributed by atoms with E-state index in [0.717, 1.165) is 31.9 Å². The van der Waals surface area contributed by atoms with Gasteiger partial charge in [0.05, 0.1) is 31.1 Å². The van der Waals surface area contributed by atoms with Gasteiger partial charge in [-0.1, -0.05) is 0 Å². The van der Waals surface area contributed by atoms with Crippen LogP contribution in [0.4, 0.5) is 11.4 Å². The Morgan fingerprint density at radius 3 is 2.12 bits per heavy atom. The highest BCUT2D eigenvalue weighted by Gasteiger charge is 2.27. The van der Waals surface area contributed by atoms with Gasteiger partial charge in [-0.25, -0.2) is 0 Å². The molecule has 0 aliphatic carbocycles. The fraction of sp³-hybridized carbons (Fsp3) is 0.611. The topological polar surface area (TPSA) is 71.1 Å². The summed E-state index contributed by atoms with van der Waals surface area (Å²) in [5.74, 6) is 0.212. The van der Waals surface area contributed by atoms with Crippen LogP contribution in [0.5, 0.6) is 0 Å². The van der Waals surface area contributed by atoms with E-state index in [-0.39, 0.29) is 28.6 Å². The first-order chi connectivity index (χ1) is 11.8.